The summed E-state index contributed by atoms with van der Waals surface area (Å²) in [4.78, 5) is 2.48. The van der Waals surface area contributed by atoms with Gasteiger partial charge in [-0.25, -0.2) is 4.39 Å². The molecule has 0 aromatic heterocycles. The van der Waals surface area contributed by atoms with Crippen LogP contribution in [0.4, 0.5) is 10.1 Å². The molecule has 3 heteroatoms. The summed E-state index contributed by atoms with van der Waals surface area (Å²) in [7, 11) is 0. The Morgan fingerprint density at radius 2 is 2.06 bits per heavy atom. The summed E-state index contributed by atoms with van der Waals surface area (Å²) in [6.45, 7) is 6.38. The van der Waals surface area contributed by atoms with Crippen molar-refractivity contribution in [3.05, 3.63) is 29.6 Å². The smallest absolute Gasteiger partial charge is 0.146 e. The Morgan fingerprint density at radius 3 is 2.76 bits per heavy atom. The van der Waals surface area contributed by atoms with Gasteiger partial charge in [0.15, 0.2) is 0 Å². The Morgan fingerprint density at radius 1 is 1.29 bits per heavy atom. The molecule has 1 aliphatic heterocycles. The van der Waals surface area contributed by atoms with E-state index in [1.807, 2.05) is 13.0 Å². The van der Waals surface area contributed by atoms with Gasteiger partial charge >= 0.3 is 0 Å². The van der Waals surface area contributed by atoms with Crippen molar-refractivity contribution in [2.45, 2.75) is 26.2 Å². The number of likely N-dealkylation sites (tertiary alicyclic amines) is 1. The molecule has 17 heavy (non-hydrogen) atoms. The van der Waals surface area contributed by atoms with E-state index >= 15 is 0 Å². The summed E-state index contributed by atoms with van der Waals surface area (Å²) in [5, 5.41) is 3.20. The van der Waals surface area contributed by atoms with Crippen molar-refractivity contribution in [2.75, 3.05) is 31.5 Å². The highest BCUT2D eigenvalue weighted by atomic mass is 19.1. The Balaban J connectivity index is 1.74. The lowest BCUT2D eigenvalue weighted by Crippen LogP contribution is -2.22. The second-order valence-electron chi connectivity index (χ2n) is 4.76. The van der Waals surface area contributed by atoms with Crippen LogP contribution < -0.4 is 5.32 Å². The Bertz CT molecular complexity index is 339. The van der Waals surface area contributed by atoms with Crippen molar-refractivity contribution >= 4 is 5.69 Å². The molecule has 0 bridgehead atoms. The molecule has 1 N–H and O–H groups in total. The van der Waals surface area contributed by atoms with E-state index in [4.69, 9.17) is 0 Å². The maximum atomic E-state index is 13.5. The largest absolute Gasteiger partial charge is 0.382 e. The first-order valence-corrected chi connectivity index (χ1v) is 6.49. The number of hydrogen-bond donors (Lipinski definition) is 1. The first-order chi connectivity index (χ1) is 8.27. The van der Waals surface area contributed by atoms with E-state index < -0.39 is 0 Å². The third-order valence-electron chi connectivity index (χ3n) is 3.37. The van der Waals surface area contributed by atoms with Crippen LogP contribution in [-0.4, -0.2) is 31.1 Å². The van der Waals surface area contributed by atoms with Crippen molar-refractivity contribution in [3.63, 3.8) is 0 Å². The van der Waals surface area contributed by atoms with Gasteiger partial charge in [0.2, 0.25) is 0 Å². The van der Waals surface area contributed by atoms with Crippen molar-refractivity contribution in [1.82, 2.24) is 4.90 Å². The quantitative estimate of drug-likeness (QED) is 0.791. The molecule has 0 radical (unpaired) electrons. The number of anilines is 1. The van der Waals surface area contributed by atoms with E-state index in [9.17, 15) is 4.39 Å². The van der Waals surface area contributed by atoms with E-state index in [2.05, 4.69) is 10.2 Å². The number of aryl methyl sites for hydroxylation is 1. The minimum absolute atomic E-state index is 0.147. The van der Waals surface area contributed by atoms with Gasteiger partial charge in [0.1, 0.15) is 5.82 Å². The number of para-hydroxylation sites is 1. The van der Waals surface area contributed by atoms with Crippen molar-refractivity contribution in [3.8, 4) is 0 Å². The molecule has 0 saturated carbocycles. The minimum Gasteiger partial charge on any atom is -0.382 e. The first kappa shape index (κ1) is 12.4. The molecular weight excluding hydrogens is 215 g/mol. The van der Waals surface area contributed by atoms with E-state index in [0.717, 1.165) is 25.1 Å². The molecule has 1 aromatic rings. The number of nitrogens with one attached hydrogen (secondary N) is 1. The second-order valence-corrected chi connectivity index (χ2v) is 4.76. The standard InChI is InChI=1S/C14H21FN2/c1-12-6-4-7-13(15)14(12)16-8-5-11-17-9-2-3-10-17/h4,6-7,16H,2-3,5,8-11H2,1H3. The Kier molecular flexibility index (Phi) is 4.37. The second kappa shape index (κ2) is 6.01. The molecule has 0 unspecified atom stereocenters. The zero-order valence-electron chi connectivity index (χ0n) is 10.5. The number of halogens is 1. The lowest BCUT2D eigenvalue weighted by Gasteiger charge is -2.15. The molecule has 1 aliphatic rings. The number of benzene rings is 1. The first-order valence-electron chi connectivity index (χ1n) is 6.49. The average molecular weight is 236 g/mol. The molecule has 1 fully saturated rings. The molecule has 0 spiro atoms. The summed E-state index contributed by atoms with van der Waals surface area (Å²) < 4.78 is 13.5. The zero-order chi connectivity index (χ0) is 12.1. The highest BCUT2D eigenvalue weighted by molar-refractivity contribution is 5.51. The van der Waals surface area contributed by atoms with E-state index in [-0.39, 0.29) is 5.82 Å². The van der Waals surface area contributed by atoms with Crippen molar-refractivity contribution < 1.29 is 4.39 Å². The lowest BCUT2D eigenvalue weighted by atomic mass is 10.2. The van der Waals surface area contributed by atoms with E-state index in [1.165, 1.54) is 32.0 Å². The molecular formula is C14H21FN2. The van der Waals surface area contributed by atoms with Crippen LogP contribution in [0, 0.1) is 12.7 Å². The van der Waals surface area contributed by atoms with Gasteiger partial charge in [0, 0.05) is 6.54 Å². The summed E-state index contributed by atoms with van der Waals surface area (Å²) in [6.07, 6.45) is 3.74. The van der Waals surface area contributed by atoms with Crippen molar-refractivity contribution in [1.29, 1.82) is 0 Å². The monoisotopic (exact) mass is 236 g/mol. The van der Waals surface area contributed by atoms with Crippen LogP contribution in [0.25, 0.3) is 0 Å². The molecule has 2 rings (SSSR count). The highest BCUT2D eigenvalue weighted by Crippen LogP contribution is 2.18. The number of hydrogen-bond acceptors (Lipinski definition) is 2. The van der Waals surface area contributed by atoms with Crippen LogP contribution in [-0.2, 0) is 0 Å². The molecule has 0 amide bonds. The molecule has 1 saturated heterocycles. The van der Waals surface area contributed by atoms with E-state index in [0.29, 0.717) is 5.69 Å². The third kappa shape index (κ3) is 3.43. The maximum absolute atomic E-state index is 13.5. The molecule has 1 aromatic carbocycles. The molecule has 1 heterocycles. The van der Waals surface area contributed by atoms with Gasteiger partial charge in [-0.3, -0.25) is 0 Å². The average Bonchev–Trinajstić information content (AvgIpc) is 2.80. The fourth-order valence-electron chi connectivity index (χ4n) is 2.38. The normalized spacial score (nSPS) is 16.4. The van der Waals surface area contributed by atoms with Gasteiger partial charge in [0.25, 0.3) is 0 Å². The summed E-state index contributed by atoms with van der Waals surface area (Å²) in [5.74, 6) is -0.147. The summed E-state index contributed by atoms with van der Waals surface area (Å²) in [5.41, 5.74) is 1.64. The van der Waals surface area contributed by atoms with Gasteiger partial charge in [-0.2, -0.15) is 0 Å². The predicted octanol–water partition coefficient (Wildman–Crippen LogP) is 3.03. The van der Waals surface area contributed by atoms with Gasteiger partial charge < -0.3 is 10.2 Å². The summed E-state index contributed by atoms with van der Waals surface area (Å²) >= 11 is 0. The van der Waals surface area contributed by atoms with Gasteiger partial charge in [-0.15, -0.1) is 0 Å². The van der Waals surface area contributed by atoms with Crippen molar-refractivity contribution in [2.24, 2.45) is 0 Å². The molecule has 2 nitrogen and oxygen atoms in total. The predicted molar refractivity (Wildman–Crippen MR) is 69.9 cm³/mol. The zero-order valence-corrected chi connectivity index (χ0v) is 10.5. The van der Waals surface area contributed by atoms with Crippen LogP contribution in [0.5, 0.6) is 0 Å². The SMILES string of the molecule is Cc1cccc(F)c1NCCCN1CCCC1. The van der Waals surface area contributed by atoms with Gasteiger partial charge in [-0.1, -0.05) is 12.1 Å². The number of nitrogens with zero attached hydrogens (tertiary/aromatic N) is 1. The molecule has 0 aliphatic carbocycles. The fourth-order valence-corrected chi connectivity index (χ4v) is 2.38. The van der Waals surface area contributed by atoms with E-state index in [1.54, 1.807) is 6.07 Å². The molecule has 0 atom stereocenters. The molecule has 94 valence electrons. The van der Waals surface area contributed by atoms with Crippen LogP contribution in [0.1, 0.15) is 24.8 Å². The minimum atomic E-state index is -0.147. The summed E-state index contributed by atoms with van der Waals surface area (Å²) in [6, 6.07) is 5.20. The number of rotatable bonds is 5. The third-order valence-corrected chi connectivity index (χ3v) is 3.37. The Hall–Kier alpha value is -1.09. The van der Waals surface area contributed by atoms with Crippen LogP contribution in [0.15, 0.2) is 18.2 Å². The van der Waals surface area contributed by atoms with Crippen LogP contribution in [0.2, 0.25) is 0 Å². The lowest BCUT2D eigenvalue weighted by molar-refractivity contribution is 0.337. The van der Waals surface area contributed by atoms with Crippen LogP contribution in [0.3, 0.4) is 0 Å². The highest BCUT2D eigenvalue weighted by Gasteiger charge is 2.10. The van der Waals surface area contributed by atoms with Gasteiger partial charge in [0.05, 0.1) is 5.69 Å². The van der Waals surface area contributed by atoms with Gasteiger partial charge in [-0.05, 0) is 57.5 Å². The maximum Gasteiger partial charge on any atom is 0.146 e. The topological polar surface area (TPSA) is 15.3 Å². The Labute approximate surface area is 103 Å². The fraction of sp³-hybridized carbons (Fsp3) is 0.571. The van der Waals surface area contributed by atoms with Crippen LogP contribution >= 0.6 is 0 Å².